The maximum atomic E-state index is 5.86. The normalized spacial score (nSPS) is 12.9. The molecule has 0 saturated heterocycles. The number of hydrogen-bond donors (Lipinski definition) is 3. The second kappa shape index (κ2) is 14.8. The summed E-state index contributed by atoms with van der Waals surface area (Å²) in [6.07, 6.45) is 9.80. The van der Waals surface area contributed by atoms with E-state index in [1.54, 1.807) is 0 Å². The first-order valence-corrected chi connectivity index (χ1v) is 10.1. The number of unbranched alkanes of at least 4 members (excludes halogenated alkanes) is 2. The fourth-order valence-corrected chi connectivity index (χ4v) is 2.91. The van der Waals surface area contributed by atoms with Gasteiger partial charge in [-0.2, -0.15) is 15.0 Å². The predicted octanol–water partition coefficient (Wildman–Crippen LogP) is 5.13. The highest BCUT2D eigenvalue weighted by Crippen LogP contribution is 2.16. The van der Waals surface area contributed by atoms with Crippen molar-refractivity contribution in [3.63, 3.8) is 0 Å². The Labute approximate surface area is 166 Å². The van der Waals surface area contributed by atoms with Gasteiger partial charge in [-0.15, -0.1) is 12.4 Å². The topological polar surface area (TPSA) is 88.8 Å². The zero-order valence-corrected chi connectivity index (χ0v) is 17.9. The summed E-state index contributed by atoms with van der Waals surface area (Å²) in [6, 6.07) is 0. The van der Waals surface area contributed by atoms with E-state index in [0.717, 1.165) is 25.9 Å². The SMILES string of the molecule is CCCCC(CC)CNc1nc(N)nc(NCC(CC)CCCC)n1.Cl. The molecule has 0 amide bonds. The molecule has 152 valence electrons. The number of nitrogens with two attached hydrogens (primary N) is 1. The molecule has 1 aromatic rings. The smallest absolute Gasteiger partial charge is 0.229 e. The van der Waals surface area contributed by atoms with Crippen molar-refractivity contribution in [2.45, 2.75) is 79.1 Å². The van der Waals surface area contributed by atoms with Crippen molar-refractivity contribution < 1.29 is 0 Å². The minimum atomic E-state index is 0. The summed E-state index contributed by atoms with van der Waals surface area (Å²) >= 11 is 0. The van der Waals surface area contributed by atoms with Crippen LogP contribution in [0.1, 0.15) is 79.1 Å². The van der Waals surface area contributed by atoms with Gasteiger partial charge in [0.1, 0.15) is 0 Å². The molecule has 1 aromatic heterocycles. The Morgan fingerprint density at radius 1 is 0.769 bits per heavy atom. The Morgan fingerprint density at radius 3 is 1.54 bits per heavy atom. The summed E-state index contributed by atoms with van der Waals surface area (Å²) < 4.78 is 0. The standard InChI is InChI=1S/C19H38N6.ClH/c1-5-9-11-15(7-3)13-21-18-23-17(20)24-19(25-18)22-14-16(8-4)12-10-6-2;/h15-16H,5-14H2,1-4H3,(H4,20,21,22,23,24,25);1H. The highest BCUT2D eigenvalue weighted by Gasteiger charge is 2.10. The van der Waals surface area contributed by atoms with E-state index >= 15 is 0 Å². The third-order valence-corrected chi connectivity index (χ3v) is 4.84. The highest BCUT2D eigenvalue weighted by molar-refractivity contribution is 5.85. The Kier molecular flexibility index (Phi) is 14.1. The first-order valence-electron chi connectivity index (χ1n) is 10.1. The molecule has 0 saturated carbocycles. The fourth-order valence-electron chi connectivity index (χ4n) is 2.91. The van der Waals surface area contributed by atoms with Gasteiger partial charge in [-0.25, -0.2) is 0 Å². The largest absolute Gasteiger partial charge is 0.368 e. The molecule has 26 heavy (non-hydrogen) atoms. The molecule has 0 bridgehead atoms. The number of rotatable bonds is 14. The van der Waals surface area contributed by atoms with Crippen molar-refractivity contribution in [2.75, 3.05) is 29.5 Å². The van der Waals surface area contributed by atoms with E-state index in [1.807, 2.05) is 0 Å². The molecule has 1 heterocycles. The molecule has 7 heteroatoms. The van der Waals surface area contributed by atoms with Gasteiger partial charge in [-0.3, -0.25) is 0 Å². The van der Waals surface area contributed by atoms with Crippen LogP contribution in [0.4, 0.5) is 17.8 Å². The summed E-state index contributed by atoms with van der Waals surface area (Å²) in [5.74, 6) is 2.71. The van der Waals surface area contributed by atoms with Gasteiger partial charge in [0.15, 0.2) is 0 Å². The van der Waals surface area contributed by atoms with Crippen LogP contribution >= 0.6 is 12.4 Å². The minimum absolute atomic E-state index is 0. The van der Waals surface area contributed by atoms with Crippen LogP contribution in [0.15, 0.2) is 0 Å². The number of halogens is 1. The van der Waals surface area contributed by atoms with Gasteiger partial charge < -0.3 is 16.4 Å². The molecule has 2 unspecified atom stereocenters. The molecule has 0 radical (unpaired) electrons. The number of nitrogens with zero attached hydrogens (tertiary/aromatic N) is 3. The van der Waals surface area contributed by atoms with Gasteiger partial charge in [-0.05, 0) is 24.7 Å². The molecule has 0 aliphatic heterocycles. The molecule has 0 spiro atoms. The molecular formula is C19H39ClN6. The zero-order chi connectivity index (χ0) is 18.5. The monoisotopic (exact) mass is 386 g/mol. The van der Waals surface area contributed by atoms with E-state index in [1.165, 1.54) is 38.5 Å². The first kappa shape index (κ1) is 24.7. The quantitative estimate of drug-likeness (QED) is 0.410. The first-order chi connectivity index (χ1) is 12.1. The number of anilines is 3. The molecule has 0 fully saturated rings. The van der Waals surface area contributed by atoms with Crippen molar-refractivity contribution in [2.24, 2.45) is 11.8 Å². The molecule has 0 aliphatic carbocycles. The number of nitrogens with one attached hydrogen (secondary N) is 2. The van der Waals surface area contributed by atoms with Crippen LogP contribution in [0.3, 0.4) is 0 Å². The highest BCUT2D eigenvalue weighted by atomic mass is 35.5. The van der Waals surface area contributed by atoms with Crippen LogP contribution in [0.2, 0.25) is 0 Å². The lowest BCUT2D eigenvalue weighted by atomic mass is 9.99. The Hall–Kier alpha value is -1.30. The number of hydrogen-bond acceptors (Lipinski definition) is 6. The van der Waals surface area contributed by atoms with Crippen LogP contribution in [-0.4, -0.2) is 28.0 Å². The maximum absolute atomic E-state index is 5.86. The number of nitrogen functional groups attached to an aromatic ring is 1. The molecule has 4 N–H and O–H groups in total. The molecule has 6 nitrogen and oxygen atoms in total. The summed E-state index contributed by atoms with van der Waals surface area (Å²) in [6.45, 7) is 10.7. The van der Waals surface area contributed by atoms with Crippen LogP contribution in [-0.2, 0) is 0 Å². The number of aromatic nitrogens is 3. The lowest BCUT2D eigenvalue weighted by Gasteiger charge is -2.17. The van der Waals surface area contributed by atoms with E-state index in [2.05, 4.69) is 53.3 Å². The van der Waals surface area contributed by atoms with Crippen LogP contribution in [0, 0.1) is 11.8 Å². The van der Waals surface area contributed by atoms with Gasteiger partial charge in [0.2, 0.25) is 17.8 Å². The van der Waals surface area contributed by atoms with Gasteiger partial charge in [0.05, 0.1) is 0 Å². The Bertz CT molecular complexity index is 433. The van der Waals surface area contributed by atoms with Gasteiger partial charge in [0, 0.05) is 13.1 Å². The maximum Gasteiger partial charge on any atom is 0.229 e. The Balaban J connectivity index is 0.00000625. The van der Waals surface area contributed by atoms with Crippen molar-refractivity contribution in [1.29, 1.82) is 0 Å². The predicted molar refractivity (Wildman–Crippen MR) is 115 cm³/mol. The average Bonchev–Trinajstić information content (AvgIpc) is 2.61. The van der Waals surface area contributed by atoms with Crippen molar-refractivity contribution >= 4 is 30.3 Å². The fraction of sp³-hybridized carbons (Fsp3) is 0.842. The van der Waals surface area contributed by atoms with E-state index in [4.69, 9.17) is 5.73 Å². The summed E-state index contributed by atoms with van der Waals surface area (Å²) in [5, 5.41) is 6.68. The summed E-state index contributed by atoms with van der Waals surface area (Å²) in [4.78, 5) is 12.9. The van der Waals surface area contributed by atoms with Gasteiger partial charge in [-0.1, -0.05) is 66.2 Å². The van der Waals surface area contributed by atoms with E-state index in [-0.39, 0.29) is 18.4 Å². The van der Waals surface area contributed by atoms with Crippen molar-refractivity contribution in [1.82, 2.24) is 15.0 Å². The van der Waals surface area contributed by atoms with Crippen molar-refractivity contribution in [3.8, 4) is 0 Å². The molecular weight excluding hydrogens is 348 g/mol. The van der Waals surface area contributed by atoms with Gasteiger partial charge >= 0.3 is 0 Å². The van der Waals surface area contributed by atoms with E-state index < -0.39 is 0 Å². The molecule has 1 rings (SSSR count). The Morgan fingerprint density at radius 2 is 1.19 bits per heavy atom. The van der Waals surface area contributed by atoms with E-state index in [9.17, 15) is 0 Å². The average molecular weight is 387 g/mol. The lowest BCUT2D eigenvalue weighted by Crippen LogP contribution is -2.19. The summed E-state index contributed by atoms with van der Waals surface area (Å²) in [7, 11) is 0. The van der Waals surface area contributed by atoms with Crippen molar-refractivity contribution in [3.05, 3.63) is 0 Å². The van der Waals surface area contributed by atoms with Crippen LogP contribution < -0.4 is 16.4 Å². The third kappa shape index (κ3) is 10.00. The zero-order valence-electron chi connectivity index (χ0n) is 17.1. The molecule has 0 aromatic carbocycles. The molecule has 2 atom stereocenters. The van der Waals surface area contributed by atoms with Crippen LogP contribution in [0.25, 0.3) is 0 Å². The summed E-state index contributed by atoms with van der Waals surface area (Å²) in [5.41, 5.74) is 5.86. The minimum Gasteiger partial charge on any atom is -0.368 e. The third-order valence-electron chi connectivity index (χ3n) is 4.84. The second-order valence-electron chi connectivity index (χ2n) is 6.94. The lowest BCUT2D eigenvalue weighted by molar-refractivity contribution is 0.470. The molecule has 0 aliphatic rings. The van der Waals surface area contributed by atoms with E-state index in [0.29, 0.717) is 23.7 Å². The van der Waals surface area contributed by atoms with Gasteiger partial charge in [0.25, 0.3) is 0 Å². The second-order valence-corrected chi connectivity index (χ2v) is 6.94. The van der Waals surface area contributed by atoms with Crippen LogP contribution in [0.5, 0.6) is 0 Å².